The van der Waals surface area contributed by atoms with Gasteiger partial charge in [0.15, 0.2) is 0 Å². The van der Waals surface area contributed by atoms with E-state index in [0.717, 1.165) is 12.8 Å². The lowest BCUT2D eigenvalue weighted by Crippen LogP contribution is -2.50. The molecule has 2 heterocycles. The average Bonchev–Trinajstić information content (AvgIpc) is 3.10. The largest absolute Gasteiger partial charge is 0.357 e. The van der Waals surface area contributed by atoms with Crippen LogP contribution in [0.3, 0.4) is 0 Å². The van der Waals surface area contributed by atoms with E-state index in [1.165, 1.54) is 15.3 Å². The fourth-order valence-corrected chi connectivity index (χ4v) is 4.20. The highest BCUT2D eigenvalue weighted by atomic mass is 32.1. The molecular weight excluding hydrogens is 310 g/mol. The molecule has 1 aliphatic heterocycles. The molecule has 23 heavy (non-hydrogen) atoms. The lowest BCUT2D eigenvalue weighted by Gasteiger charge is -2.29. The molecule has 3 amide bonds. The monoisotopic (exact) mass is 337 g/mol. The van der Waals surface area contributed by atoms with Crippen LogP contribution >= 0.6 is 11.3 Å². The zero-order valence-electron chi connectivity index (χ0n) is 14.6. The number of carbonyl (C=O) groups is 2. The summed E-state index contributed by atoms with van der Waals surface area (Å²) in [6, 6.07) is 1.64. The van der Waals surface area contributed by atoms with E-state index in [-0.39, 0.29) is 29.9 Å². The summed E-state index contributed by atoms with van der Waals surface area (Å²) in [5, 5.41) is 5.80. The lowest BCUT2D eigenvalue weighted by atomic mass is 9.96. The number of hydrogen-bond donors (Lipinski definition) is 2. The van der Waals surface area contributed by atoms with Gasteiger partial charge >= 0.3 is 6.03 Å². The third kappa shape index (κ3) is 3.86. The maximum absolute atomic E-state index is 12.7. The molecule has 0 aliphatic carbocycles. The van der Waals surface area contributed by atoms with Crippen LogP contribution in [-0.2, 0) is 4.79 Å². The Balaban J connectivity index is 2.15. The number of thiophene rings is 1. The molecular formula is C17H27N3O2S. The second kappa shape index (κ2) is 7.34. The number of carbonyl (C=O) groups excluding carboxylic acids is 2. The van der Waals surface area contributed by atoms with E-state index in [2.05, 4.69) is 44.4 Å². The fourth-order valence-electron chi connectivity index (χ4n) is 3.23. The second-order valence-corrected chi connectivity index (χ2v) is 7.97. The normalized spacial score (nSPS) is 19.0. The first-order valence-electron chi connectivity index (χ1n) is 8.20. The van der Waals surface area contributed by atoms with Crippen LogP contribution in [-0.4, -0.2) is 36.5 Å². The van der Waals surface area contributed by atoms with Gasteiger partial charge in [-0.3, -0.25) is 4.79 Å². The van der Waals surface area contributed by atoms with E-state index >= 15 is 0 Å². The van der Waals surface area contributed by atoms with Crippen LogP contribution in [0.1, 0.15) is 48.0 Å². The van der Waals surface area contributed by atoms with Crippen molar-refractivity contribution < 1.29 is 9.59 Å². The maximum Gasteiger partial charge on any atom is 0.318 e. The average molecular weight is 337 g/mol. The van der Waals surface area contributed by atoms with Crippen molar-refractivity contribution in [2.75, 3.05) is 13.6 Å². The summed E-state index contributed by atoms with van der Waals surface area (Å²) in [6.45, 7) is 9.03. The van der Waals surface area contributed by atoms with Gasteiger partial charge in [0, 0.05) is 23.3 Å². The Kier molecular flexibility index (Phi) is 5.68. The van der Waals surface area contributed by atoms with Crippen molar-refractivity contribution in [3.63, 3.8) is 0 Å². The smallest absolute Gasteiger partial charge is 0.318 e. The number of urea groups is 1. The Morgan fingerprint density at radius 1 is 1.35 bits per heavy atom. The van der Waals surface area contributed by atoms with Crippen LogP contribution in [0.4, 0.5) is 4.79 Å². The van der Waals surface area contributed by atoms with Crippen molar-refractivity contribution in [2.45, 2.75) is 52.6 Å². The third-order valence-electron chi connectivity index (χ3n) is 4.42. The molecule has 2 rings (SSSR count). The SMILES string of the molecule is CNC(=O)C1CCCN1C(=O)NC(c1cc(C)sc1C)C(C)C. The highest BCUT2D eigenvalue weighted by molar-refractivity contribution is 7.12. The Bertz CT molecular complexity index is 582. The number of likely N-dealkylation sites (tertiary alicyclic amines) is 1. The molecule has 0 saturated carbocycles. The van der Waals surface area contributed by atoms with Gasteiger partial charge in [-0.1, -0.05) is 13.8 Å². The number of aryl methyl sites for hydroxylation is 2. The van der Waals surface area contributed by atoms with Gasteiger partial charge in [0.1, 0.15) is 6.04 Å². The predicted octanol–water partition coefficient (Wildman–Crippen LogP) is 2.98. The summed E-state index contributed by atoms with van der Waals surface area (Å²) in [6.07, 6.45) is 1.60. The van der Waals surface area contributed by atoms with Gasteiger partial charge in [0.05, 0.1) is 6.04 Å². The van der Waals surface area contributed by atoms with Gasteiger partial charge in [-0.15, -0.1) is 11.3 Å². The zero-order chi connectivity index (χ0) is 17.1. The first-order chi connectivity index (χ1) is 10.8. The molecule has 1 saturated heterocycles. The number of rotatable bonds is 4. The molecule has 2 atom stereocenters. The maximum atomic E-state index is 12.7. The minimum atomic E-state index is -0.349. The van der Waals surface area contributed by atoms with Crippen LogP contribution in [0.2, 0.25) is 0 Å². The molecule has 0 radical (unpaired) electrons. The topological polar surface area (TPSA) is 61.4 Å². The Morgan fingerprint density at radius 2 is 2.04 bits per heavy atom. The van der Waals surface area contributed by atoms with E-state index in [1.54, 1.807) is 23.3 Å². The third-order valence-corrected chi connectivity index (χ3v) is 5.40. The van der Waals surface area contributed by atoms with Crippen molar-refractivity contribution in [3.05, 3.63) is 21.4 Å². The van der Waals surface area contributed by atoms with Crippen LogP contribution in [0, 0.1) is 19.8 Å². The van der Waals surface area contributed by atoms with Crippen molar-refractivity contribution in [2.24, 2.45) is 5.92 Å². The molecule has 1 aliphatic rings. The molecule has 1 aromatic heterocycles. The molecule has 0 spiro atoms. The molecule has 2 unspecified atom stereocenters. The quantitative estimate of drug-likeness (QED) is 0.887. The van der Waals surface area contributed by atoms with Crippen LogP contribution in [0.5, 0.6) is 0 Å². The number of nitrogens with one attached hydrogen (secondary N) is 2. The highest BCUT2D eigenvalue weighted by Gasteiger charge is 2.35. The first kappa shape index (κ1) is 17.8. The minimum absolute atomic E-state index is 0.0293. The van der Waals surface area contributed by atoms with Gasteiger partial charge in [-0.25, -0.2) is 4.79 Å². The molecule has 0 bridgehead atoms. The molecule has 6 heteroatoms. The van der Waals surface area contributed by atoms with Crippen molar-refractivity contribution >= 4 is 23.3 Å². The predicted molar refractivity (Wildman–Crippen MR) is 93.7 cm³/mol. The molecule has 2 N–H and O–H groups in total. The number of nitrogens with zero attached hydrogens (tertiary/aromatic N) is 1. The summed E-state index contributed by atoms with van der Waals surface area (Å²) in [5.41, 5.74) is 1.19. The van der Waals surface area contributed by atoms with E-state index in [9.17, 15) is 9.59 Å². The minimum Gasteiger partial charge on any atom is -0.357 e. The number of hydrogen-bond acceptors (Lipinski definition) is 3. The van der Waals surface area contributed by atoms with Crippen LogP contribution in [0.15, 0.2) is 6.07 Å². The summed E-state index contributed by atoms with van der Waals surface area (Å²) in [4.78, 5) is 28.8. The van der Waals surface area contributed by atoms with Crippen molar-refractivity contribution in [1.29, 1.82) is 0 Å². The van der Waals surface area contributed by atoms with Gasteiger partial charge in [-0.2, -0.15) is 0 Å². The molecule has 128 valence electrons. The van der Waals surface area contributed by atoms with Gasteiger partial charge < -0.3 is 15.5 Å². The van der Waals surface area contributed by atoms with E-state index in [0.29, 0.717) is 6.54 Å². The van der Waals surface area contributed by atoms with Gasteiger partial charge in [0.2, 0.25) is 5.91 Å². The number of amides is 3. The summed E-state index contributed by atoms with van der Waals surface area (Å²) < 4.78 is 0. The first-order valence-corrected chi connectivity index (χ1v) is 9.02. The zero-order valence-corrected chi connectivity index (χ0v) is 15.4. The van der Waals surface area contributed by atoms with Crippen molar-refractivity contribution in [1.82, 2.24) is 15.5 Å². The lowest BCUT2D eigenvalue weighted by molar-refractivity contribution is -0.124. The Hall–Kier alpha value is -1.56. The fraction of sp³-hybridized carbons (Fsp3) is 0.647. The van der Waals surface area contributed by atoms with Crippen LogP contribution < -0.4 is 10.6 Å². The van der Waals surface area contributed by atoms with Crippen molar-refractivity contribution in [3.8, 4) is 0 Å². The van der Waals surface area contributed by atoms with E-state index in [4.69, 9.17) is 0 Å². The standard InChI is InChI=1S/C17H27N3O2S/c1-10(2)15(13-9-11(3)23-12(13)4)19-17(22)20-8-6-7-14(20)16(21)18-5/h9-10,14-15H,6-8H2,1-5H3,(H,18,21)(H,19,22). The molecule has 1 fully saturated rings. The summed E-state index contributed by atoms with van der Waals surface area (Å²) in [5.74, 6) is 0.203. The summed E-state index contributed by atoms with van der Waals surface area (Å²) >= 11 is 1.75. The van der Waals surface area contributed by atoms with Crippen LogP contribution in [0.25, 0.3) is 0 Å². The van der Waals surface area contributed by atoms with E-state index < -0.39 is 0 Å². The second-order valence-electron chi connectivity index (χ2n) is 6.51. The van der Waals surface area contributed by atoms with Gasteiger partial charge in [0.25, 0.3) is 0 Å². The summed E-state index contributed by atoms with van der Waals surface area (Å²) in [7, 11) is 1.62. The highest BCUT2D eigenvalue weighted by Crippen LogP contribution is 2.31. The van der Waals surface area contributed by atoms with E-state index in [1.807, 2.05) is 0 Å². The molecule has 0 aromatic carbocycles. The number of likely N-dealkylation sites (N-methyl/N-ethyl adjacent to an activating group) is 1. The van der Waals surface area contributed by atoms with Gasteiger partial charge in [-0.05, 0) is 44.2 Å². The Morgan fingerprint density at radius 3 is 2.57 bits per heavy atom. The Labute approximate surface area is 142 Å². The molecule has 5 nitrogen and oxygen atoms in total. The molecule has 1 aromatic rings.